The van der Waals surface area contributed by atoms with E-state index in [1.54, 1.807) is 37.3 Å². The molecule has 0 radical (unpaired) electrons. The molecule has 1 N–H and O–H groups in total. The van der Waals surface area contributed by atoms with E-state index >= 15 is 0 Å². The highest BCUT2D eigenvalue weighted by molar-refractivity contribution is 6.09. The standard InChI is InChI=1S/C23H21NO3/c1-3-27-23(26)18-7-6-8-19(15-18)24-22(25)21-10-5-4-9-20(21)17-13-11-16(2)12-14-17/h4-15H,3H2,1-2H3,(H,24,25). The predicted molar refractivity (Wildman–Crippen MR) is 107 cm³/mol. The van der Waals surface area contributed by atoms with Crippen LogP contribution in [-0.4, -0.2) is 18.5 Å². The van der Waals surface area contributed by atoms with Crippen molar-refractivity contribution in [3.8, 4) is 11.1 Å². The van der Waals surface area contributed by atoms with Crippen LogP contribution in [-0.2, 0) is 4.74 Å². The Labute approximate surface area is 158 Å². The number of amides is 1. The van der Waals surface area contributed by atoms with E-state index in [4.69, 9.17) is 4.74 Å². The smallest absolute Gasteiger partial charge is 0.338 e. The molecule has 4 nitrogen and oxygen atoms in total. The third-order valence-corrected chi connectivity index (χ3v) is 4.17. The highest BCUT2D eigenvalue weighted by atomic mass is 16.5. The summed E-state index contributed by atoms with van der Waals surface area (Å²) in [5.41, 5.74) is 4.52. The number of hydrogen-bond donors (Lipinski definition) is 1. The minimum atomic E-state index is -0.409. The lowest BCUT2D eigenvalue weighted by atomic mass is 9.98. The number of ether oxygens (including phenoxy) is 1. The Morgan fingerprint density at radius 1 is 0.926 bits per heavy atom. The number of aryl methyl sites for hydroxylation is 1. The summed E-state index contributed by atoms with van der Waals surface area (Å²) in [6.45, 7) is 4.09. The van der Waals surface area contributed by atoms with E-state index in [0.717, 1.165) is 16.7 Å². The predicted octanol–water partition coefficient (Wildman–Crippen LogP) is 5.09. The van der Waals surface area contributed by atoms with Crippen LogP contribution in [0.5, 0.6) is 0 Å². The van der Waals surface area contributed by atoms with Gasteiger partial charge in [0.2, 0.25) is 0 Å². The van der Waals surface area contributed by atoms with Crippen molar-refractivity contribution in [2.75, 3.05) is 11.9 Å². The molecule has 0 heterocycles. The lowest BCUT2D eigenvalue weighted by molar-refractivity contribution is 0.0526. The Kier molecular flexibility index (Phi) is 5.67. The highest BCUT2D eigenvalue weighted by Crippen LogP contribution is 2.25. The van der Waals surface area contributed by atoms with Crippen molar-refractivity contribution in [3.05, 3.63) is 89.5 Å². The van der Waals surface area contributed by atoms with Gasteiger partial charge >= 0.3 is 5.97 Å². The molecule has 0 bridgehead atoms. The van der Waals surface area contributed by atoms with Gasteiger partial charge in [0.25, 0.3) is 5.91 Å². The maximum Gasteiger partial charge on any atom is 0.338 e. The fourth-order valence-electron chi connectivity index (χ4n) is 2.80. The monoisotopic (exact) mass is 359 g/mol. The summed E-state index contributed by atoms with van der Waals surface area (Å²) in [7, 11) is 0. The van der Waals surface area contributed by atoms with Gasteiger partial charge in [-0.25, -0.2) is 4.79 Å². The molecule has 1 amide bonds. The molecule has 0 aliphatic carbocycles. The molecule has 4 heteroatoms. The fourth-order valence-corrected chi connectivity index (χ4v) is 2.80. The van der Waals surface area contributed by atoms with Crippen LogP contribution >= 0.6 is 0 Å². The summed E-state index contributed by atoms with van der Waals surface area (Å²) in [5.74, 6) is -0.638. The van der Waals surface area contributed by atoms with E-state index in [9.17, 15) is 9.59 Å². The number of rotatable bonds is 5. The largest absolute Gasteiger partial charge is 0.462 e. The van der Waals surface area contributed by atoms with Gasteiger partial charge in [-0.3, -0.25) is 4.79 Å². The first-order valence-corrected chi connectivity index (χ1v) is 8.83. The molecule has 0 aromatic heterocycles. The quantitative estimate of drug-likeness (QED) is 0.646. The molecule has 0 atom stereocenters. The molecular weight excluding hydrogens is 338 g/mol. The molecule has 0 aliphatic rings. The van der Waals surface area contributed by atoms with Gasteiger partial charge in [0.05, 0.1) is 12.2 Å². The van der Waals surface area contributed by atoms with Crippen LogP contribution in [0.25, 0.3) is 11.1 Å². The lowest BCUT2D eigenvalue weighted by Crippen LogP contribution is -2.14. The summed E-state index contributed by atoms with van der Waals surface area (Å²) < 4.78 is 5.01. The molecule has 0 saturated carbocycles. The molecule has 0 aliphatic heterocycles. The van der Waals surface area contributed by atoms with Crippen molar-refractivity contribution in [2.24, 2.45) is 0 Å². The van der Waals surface area contributed by atoms with Crippen LogP contribution in [0.4, 0.5) is 5.69 Å². The van der Waals surface area contributed by atoms with Gasteiger partial charge in [-0.2, -0.15) is 0 Å². The average molecular weight is 359 g/mol. The van der Waals surface area contributed by atoms with E-state index in [0.29, 0.717) is 23.4 Å². The number of benzene rings is 3. The van der Waals surface area contributed by atoms with Gasteiger partial charge < -0.3 is 10.1 Å². The van der Waals surface area contributed by atoms with Gasteiger partial charge in [-0.1, -0.05) is 54.1 Å². The van der Waals surface area contributed by atoms with E-state index < -0.39 is 5.97 Å². The van der Waals surface area contributed by atoms with Crippen LogP contribution in [0.2, 0.25) is 0 Å². The minimum Gasteiger partial charge on any atom is -0.462 e. The van der Waals surface area contributed by atoms with E-state index in [2.05, 4.69) is 5.32 Å². The number of hydrogen-bond acceptors (Lipinski definition) is 3. The number of carbonyl (C=O) groups is 2. The minimum absolute atomic E-state index is 0.229. The molecule has 3 rings (SSSR count). The Morgan fingerprint density at radius 2 is 1.67 bits per heavy atom. The summed E-state index contributed by atoms with van der Waals surface area (Å²) >= 11 is 0. The second kappa shape index (κ2) is 8.32. The summed E-state index contributed by atoms with van der Waals surface area (Å²) in [6.07, 6.45) is 0. The van der Waals surface area contributed by atoms with Gasteiger partial charge in [0.15, 0.2) is 0 Å². The first-order valence-electron chi connectivity index (χ1n) is 8.83. The normalized spacial score (nSPS) is 10.3. The number of nitrogens with one attached hydrogen (secondary N) is 1. The third-order valence-electron chi connectivity index (χ3n) is 4.17. The molecule has 0 saturated heterocycles. The lowest BCUT2D eigenvalue weighted by Gasteiger charge is -2.11. The molecule has 27 heavy (non-hydrogen) atoms. The maximum absolute atomic E-state index is 12.9. The third kappa shape index (κ3) is 4.42. The second-order valence-corrected chi connectivity index (χ2v) is 6.17. The SMILES string of the molecule is CCOC(=O)c1cccc(NC(=O)c2ccccc2-c2ccc(C)cc2)c1. The Bertz CT molecular complexity index is 961. The van der Waals surface area contributed by atoms with Crippen LogP contribution in [0.1, 0.15) is 33.2 Å². The molecule has 136 valence electrons. The topological polar surface area (TPSA) is 55.4 Å². The van der Waals surface area contributed by atoms with Crippen LogP contribution in [0, 0.1) is 6.92 Å². The molecule has 0 spiro atoms. The van der Waals surface area contributed by atoms with E-state index in [1.165, 1.54) is 0 Å². The Morgan fingerprint density at radius 3 is 2.41 bits per heavy atom. The Balaban J connectivity index is 1.86. The van der Waals surface area contributed by atoms with Crippen molar-refractivity contribution in [1.29, 1.82) is 0 Å². The molecular formula is C23H21NO3. The summed E-state index contributed by atoms with van der Waals surface area (Å²) in [6, 6.07) is 22.2. The zero-order chi connectivity index (χ0) is 19.2. The summed E-state index contributed by atoms with van der Waals surface area (Å²) in [4.78, 5) is 24.7. The van der Waals surface area contributed by atoms with Crippen LogP contribution in [0.15, 0.2) is 72.8 Å². The zero-order valence-electron chi connectivity index (χ0n) is 15.4. The van der Waals surface area contributed by atoms with Crippen LogP contribution in [0.3, 0.4) is 0 Å². The van der Waals surface area contributed by atoms with Crippen molar-refractivity contribution >= 4 is 17.6 Å². The number of anilines is 1. The van der Waals surface area contributed by atoms with Gasteiger partial charge in [-0.15, -0.1) is 0 Å². The first kappa shape index (κ1) is 18.4. The van der Waals surface area contributed by atoms with E-state index in [-0.39, 0.29) is 5.91 Å². The van der Waals surface area contributed by atoms with Gasteiger partial charge in [-0.05, 0) is 49.2 Å². The zero-order valence-corrected chi connectivity index (χ0v) is 15.4. The molecule has 0 fully saturated rings. The maximum atomic E-state index is 12.9. The number of carbonyl (C=O) groups excluding carboxylic acids is 2. The molecule has 0 unspecified atom stereocenters. The van der Waals surface area contributed by atoms with Gasteiger partial charge in [0, 0.05) is 11.3 Å². The van der Waals surface area contributed by atoms with E-state index in [1.807, 2.05) is 49.4 Å². The first-order chi connectivity index (χ1) is 13.1. The van der Waals surface area contributed by atoms with Gasteiger partial charge in [0.1, 0.15) is 0 Å². The number of esters is 1. The van der Waals surface area contributed by atoms with Crippen molar-refractivity contribution in [1.82, 2.24) is 0 Å². The molecule has 3 aromatic carbocycles. The average Bonchev–Trinajstić information content (AvgIpc) is 2.69. The highest BCUT2D eigenvalue weighted by Gasteiger charge is 2.14. The Hall–Kier alpha value is -3.40. The van der Waals surface area contributed by atoms with Crippen LogP contribution < -0.4 is 5.32 Å². The van der Waals surface area contributed by atoms with Crippen molar-refractivity contribution in [2.45, 2.75) is 13.8 Å². The fraction of sp³-hybridized carbons (Fsp3) is 0.130. The molecule has 3 aromatic rings. The van der Waals surface area contributed by atoms with Crippen molar-refractivity contribution in [3.63, 3.8) is 0 Å². The second-order valence-electron chi connectivity index (χ2n) is 6.17. The summed E-state index contributed by atoms with van der Waals surface area (Å²) in [5, 5.41) is 2.87. The van der Waals surface area contributed by atoms with Crippen molar-refractivity contribution < 1.29 is 14.3 Å².